The number of hydrogen-bond acceptors (Lipinski definition) is 4. The lowest BCUT2D eigenvalue weighted by atomic mass is 10.1. The molecule has 6 nitrogen and oxygen atoms in total. The van der Waals surface area contributed by atoms with Crippen molar-refractivity contribution in [1.29, 1.82) is 0 Å². The lowest BCUT2D eigenvalue weighted by Gasteiger charge is -2.43. The average molecular weight is 336 g/mol. The second-order valence-electron chi connectivity index (χ2n) is 5.84. The highest BCUT2D eigenvalue weighted by molar-refractivity contribution is 8.00. The number of anilines is 1. The van der Waals surface area contributed by atoms with Crippen LogP contribution in [0.4, 0.5) is 10.5 Å². The van der Waals surface area contributed by atoms with Crippen molar-refractivity contribution in [2.24, 2.45) is 5.73 Å². The summed E-state index contributed by atoms with van der Waals surface area (Å²) in [6.07, 6.45) is 0. The van der Waals surface area contributed by atoms with Crippen LogP contribution in [0.15, 0.2) is 29.2 Å². The van der Waals surface area contributed by atoms with Crippen molar-refractivity contribution in [3.05, 3.63) is 24.3 Å². The monoisotopic (exact) mass is 336 g/mol. The summed E-state index contributed by atoms with van der Waals surface area (Å²) in [6.45, 7) is 5.75. The van der Waals surface area contributed by atoms with Crippen LogP contribution in [0.3, 0.4) is 0 Å². The van der Waals surface area contributed by atoms with Crippen molar-refractivity contribution < 1.29 is 9.59 Å². The Morgan fingerprint density at radius 3 is 2.65 bits per heavy atom. The van der Waals surface area contributed by atoms with Crippen molar-refractivity contribution in [1.82, 2.24) is 9.80 Å². The summed E-state index contributed by atoms with van der Waals surface area (Å²) < 4.78 is 0. The Morgan fingerprint density at radius 1 is 1.26 bits per heavy atom. The first-order valence-corrected chi connectivity index (χ1v) is 8.66. The van der Waals surface area contributed by atoms with Crippen LogP contribution in [0, 0.1) is 0 Å². The summed E-state index contributed by atoms with van der Waals surface area (Å²) in [7, 11) is 2.08. The van der Waals surface area contributed by atoms with Gasteiger partial charge in [-0.3, -0.25) is 9.69 Å². The minimum atomic E-state index is -0.377. The largest absolute Gasteiger partial charge is 0.369 e. The van der Waals surface area contributed by atoms with Gasteiger partial charge in [-0.05, 0) is 33.0 Å². The van der Waals surface area contributed by atoms with Crippen LogP contribution < -0.4 is 11.1 Å². The molecule has 0 bridgehead atoms. The first kappa shape index (κ1) is 17.6. The molecule has 126 valence electrons. The van der Waals surface area contributed by atoms with Crippen molar-refractivity contribution in [2.45, 2.75) is 30.8 Å². The fraction of sp³-hybridized carbons (Fsp3) is 0.500. The van der Waals surface area contributed by atoms with Gasteiger partial charge in [-0.2, -0.15) is 0 Å². The number of nitrogens with one attached hydrogen (secondary N) is 1. The Hall–Kier alpha value is -1.73. The van der Waals surface area contributed by atoms with Gasteiger partial charge in [0.25, 0.3) is 0 Å². The van der Waals surface area contributed by atoms with Crippen LogP contribution in [0.25, 0.3) is 0 Å². The number of nitrogens with zero attached hydrogens (tertiary/aromatic N) is 2. The predicted octanol–water partition coefficient (Wildman–Crippen LogP) is 1.82. The molecule has 1 fully saturated rings. The molecular weight excluding hydrogens is 312 g/mol. The zero-order valence-corrected chi connectivity index (χ0v) is 14.6. The van der Waals surface area contributed by atoms with Crippen molar-refractivity contribution in [2.75, 3.05) is 31.2 Å². The highest BCUT2D eigenvalue weighted by atomic mass is 32.2. The van der Waals surface area contributed by atoms with Crippen LogP contribution in [0.1, 0.15) is 13.8 Å². The molecule has 2 rings (SSSR count). The molecule has 23 heavy (non-hydrogen) atoms. The van der Waals surface area contributed by atoms with E-state index < -0.39 is 0 Å². The number of thioether (sulfide) groups is 1. The van der Waals surface area contributed by atoms with E-state index in [1.807, 2.05) is 29.2 Å². The van der Waals surface area contributed by atoms with Gasteiger partial charge in [0.1, 0.15) is 0 Å². The van der Waals surface area contributed by atoms with Gasteiger partial charge in [-0.1, -0.05) is 12.1 Å². The number of piperazine rings is 1. The van der Waals surface area contributed by atoms with Crippen LogP contribution in [-0.2, 0) is 4.79 Å². The van der Waals surface area contributed by atoms with E-state index in [4.69, 9.17) is 5.73 Å². The van der Waals surface area contributed by atoms with E-state index in [0.717, 1.165) is 11.4 Å². The maximum absolute atomic E-state index is 12.6. The number of amides is 3. The van der Waals surface area contributed by atoms with Gasteiger partial charge in [0, 0.05) is 30.1 Å². The Balaban J connectivity index is 2.07. The Morgan fingerprint density at radius 2 is 1.96 bits per heavy atom. The summed E-state index contributed by atoms with van der Waals surface area (Å²) in [5.74, 6) is -0.188. The predicted molar refractivity (Wildman–Crippen MR) is 93.6 cm³/mol. The molecule has 0 aliphatic carbocycles. The van der Waals surface area contributed by atoms with Crippen LogP contribution in [-0.4, -0.2) is 59.7 Å². The molecule has 1 aromatic rings. The zero-order valence-electron chi connectivity index (χ0n) is 13.8. The molecule has 1 heterocycles. The average Bonchev–Trinajstić information content (AvgIpc) is 2.51. The van der Waals surface area contributed by atoms with Crippen LogP contribution >= 0.6 is 11.8 Å². The first-order valence-electron chi connectivity index (χ1n) is 7.68. The maximum Gasteiger partial charge on any atom is 0.322 e. The van der Waals surface area contributed by atoms with Crippen LogP contribution in [0.5, 0.6) is 0 Å². The second-order valence-corrected chi connectivity index (χ2v) is 6.85. The number of nitrogens with two attached hydrogens (primary N) is 1. The third kappa shape index (κ3) is 4.39. The minimum Gasteiger partial charge on any atom is -0.369 e. The van der Waals surface area contributed by atoms with Gasteiger partial charge in [0.05, 0.1) is 11.4 Å². The van der Waals surface area contributed by atoms with E-state index >= 15 is 0 Å². The van der Waals surface area contributed by atoms with Gasteiger partial charge >= 0.3 is 6.03 Å². The quantitative estimate of drug-likeness (QED) is 0.822. The number of urea groups is 1. The fourth-order valence-electron chi connectivity index (χ4n) is 2.62. The molecule has 0 unspecified atom stereocenters. The SMILES string of the molecule is C[C@H]1[C@H](C)N(C(=O)Nc2ccccc2SCC(N)=O)CCN1C. The lowest BCUT2D eigenvalue weighted by molar-refractivity contribution is -0.115. The van der Waals surface area contributed by atoms with Gasteiger partial charge < -0.3 is 16.0 Å². The van der Waals surface area contributed by atoms with Crippen LogP contribution in [0.2, 0.25) is 0 Å². The molecular formula is C16H24N4O2S. The normalized spacial score (nSPS) is 22.0. The second kappa shape index (κ2) is 7.70. The number of carbonyl (C=O) groups is 2. The highest BCUT2D eigenvalue weighted by Crippen LogP contribution is 2.27. The molecule has 2 atom stereocenters. The third-order valence-electron chi connectivity index (χ3n) is 4.34. The minimum absolute atomic E-state index is 0.107. The van der Waals surface area contributed by atoms with E-state index in [-0.39, 0.29) is 23.7 Å². The van der Waals surface area contributed by atoms with Gasteiger partial charge in [-0.25, -0.2) is 4.79 Å². The van der Waals surface area contributed by atoms with Gasteiger partial charge in [0.15, 0.2) is 0 Å². The van der Waals surface area contributed by atoms with Gasteiger partial charge in [-0.15, -0.1) is 11.8 Å². The smallest absolute Gasteiger partial charge is 0.322 e. The maximum atomic E-state index is 12.6. The highest BCUT2D eigenvalue weighted by Gasteiger charge is 2.31. The molecule has 0 radical (unpaired) electrons. The number of primary amides is 1. The lowest BCUT2D eigenvalue weighted by Crippen LogP contribution is -2.58. The van der Waals surface area contributed by atoms with Crippen molar-refractivity contribution in [3.8, 4) is 0 Å². The van der Waals surface area contributed by atoms with E-state index in [9.17, 15) is 9.59 Å². The number of likely N-dealkylation sites (N-methyl/N-ethyl adjacent to an activating group) is 1. The third-order valence-corrected chi connectivity index (χ3v) is 5.43. The zero-order chi connectivity index (χ0) is 17.0. The number of para-hydroxylation sites is 1. The summed E-state index contributed by atoms with van der Waals surface area (Å²) in [6, 6.07) is 7.79. The molecule has 0 saturated carbocycles. The Bertz CT molecular complexity index is 581. The van der Waals surface area contributed by atoms with E-state index in [2.05, 4.69) is 31.1 Å². The topological polar surface area (TPSA) is 78.7 Å². The summed E-state index contributed by atoms with van der Waals surface area (Å²) >= 11 is 1.33. The Labute approximate surface area is 141 Å². The standard InChI is InChI=1S/C16H24N4O2S/c1-11-12(2)20(9-8-19(11)3)16(22)18-13-6-4-5-7-14(13)23-10-15(17)21/h4-7,11-12H,8-10H2,1-3H3,(H2,17,21)(H,18,22)/t11-,12-/m0/s1. The molecule has 0 aromatic heterocycles. The fourth-order valence-corrected chi connectivity index (χ4v) is 3.37. The molecule has 1 aromatic carbocycles. The molecule has 1 aliphatic rings. The Kier molecular flexibility index (Phi) is 5.90. The van der Waals surface area contributed by atoms with E-state index in [1.165, 1.54) is 11.8 Å². The molecule has 3 amide bonds. The number of rotatable bonds is 4. The molecule has 3 N–H and O–H groups in total. The number of carbonyl (C=O) groups excluding carboxylic acids is 2. The summed E-state index contributed by atoms with van der Waals surface area (Å²) in [5, 5.41) is 2.97. The molecule has 1 saturated heterocycles. The van der Waals surface area contributed by atoms with E-state index in [0.29, 0.717) is 18.3 Å². The van der Waals surface area contributed by atoms with Crippen molar-refractivity contribution >= 4 is 29.4 Å². The summed E-state index contributed by atoms with van der Waals surface area (Å²) in [5.41, 5.74) is 5.91. The van der Waals surface area contributed by atoms with E-state index in [1.54, 1.807) is 0 Å². The number of benzene rings is 1. The molecule has 7 heteroatoms. The first-order chi connectivity index (χ1) is 10.9. The molecule has 1 aliphatic heterocycles. The molecule has 0 spiro atoms. The number of hydrogen-bond donors (Lipinski definition) is 2. The van der Waals surface area contributed by atoms with Crippen molar-refractivity contribution in [3.63, 3.8) is 0 Å². The van der Waals surface area contributed by atoms with Gasteiger partial charge in [0.2, 0.25) is 5.91 Å². The summed E-state index contributed by atoms with van der Waals surface area (Å²) in [4.78, 5) is 28.5.